The minimum atomic E-state index is -0.788. The number of carboxylic acids is 1. The van der Waals surface area contributed by atoms with E-state index < -0.39 is 5.97 Å². The third-order valence-electron chi connectivity index (χ3n) is 2.73. The zero-order valence-electron chi connectivity index (χ0n) is 9.57. The molecule has 1 aliphatic heterocycles. The highest BCUT2D eigenvalue weighted by Gasteiger charge is 2.15. The van der Waals surface area contributed by atoms with Crippen molar-refractivity contribution in [3.8, 4) is 0 Å². The van der Waals surface area contributed by atoms with E-state index in [4.69, 9.17) is 5.11 Å². The fourth-order valence-electron chi connectivity index (χ4n) is 1.82. The lowest BCUT2D eigenvalue weighted by molar-refractivity contribution is -0.137. The van der Waals surface area contributed by atoms with Gasteiger partial charge in [0.1, 0.15) is 0 Å². The van der Waals surface area contributed by atoms with E-state index in [9.17, 15) is 9.59 Å². The van der Waals surface area contributed by atoms with Gasteiger partial charge in [-0.15, -0.1) is 0 Å². The number of piperidine rings is 1. The van der Waals surface area contributed by atoms with Crippen molar-refractivity contribution in [3.63, 3.8) is 0 Å². The molecular weight excluding hydrogens is 208 g/mol. The molecule has 5 nitrogen and oxygen atoms in total. The predicted molar refractivity (Wildman–Crippen MR) is 60.2 cm³/mol. The molecule has 0 aliphatic carbocycles. The minimum Gasteiger partial charge on any atom is -0.481 e. The molecule has 1 heterocycles. The monoisotopic (exact) mass is 228 g/mol. The van der Waals surface area contributed by atoms with E-state index in [0.717, 1.165) is 25.9 Å². The summed E-state index contributed by atoms with van der Waals surface area (Å²) in [5.41, 5.74) is 0. The van der Waals surface area contributed by atoms with Gasteiger partial charge >= 0.3 is 5.97 Å². The van der Waals surface area contributed by atoms with E-state index >= 15 is 0 Å². The maximum atomic E-state index is 11.6. The first kappa shape index (κ1) is 13.0. The van der Waals surface area contributed by atoms with Crippen LogP contribution in [0.25, 0.3) is 0 Å². The molecule has 0 aromatic rings. The maximum Gasteiger partial charge on any atom is 0.303 e. The number of hydrogen-bond donors (Lipinski definition) is 2. The van der Waals surface area contributed by atoms with Gasteiger partial charge in [-0.3, -0.25) is 9.59 Å². The van der Waals surface area contributed by atoms with E-state index in [-0.39, 0.29) is 12.3 Å². The summed E-state index contributed by atoms with van der Waals surface area (Å²) in [7, 11) is 0. The Labute approximate surface area is 95.8 Å². The summed E-state index contributed by atoms with van der Waals surface area (Å²) in [4.78, 5) is 23.8. The van der Waals surface area contributed by atoms with Crippen LogP contribution < -0.4 is 5.32 Å². The van der Waals surface area contributed by atoms with Gasteiger partial charge in [0.15, 0.2) is 0 Å². The van der Waals surface area contributed by atoms with Gasteiger partial charge < -0.3 is 15.3 Å². The standard InChI is InChI=1S/C11H20N2O3/c14-10(13-7-2-1-3-8-13)9-12-6-4-5-11(15)16/h12H,1-9H2,(H,15,16). The Morgan fingerprint density at radius 3 is 2.50 bits per heavy atom. The number of rotatable bonds is 6. The molecule has 0 atom stereocenters. The molecule has 0 aromatic carbocycles. The summed E-state index contributed by atoms with van der Waals surface area (Å²) in [5, 5.41) is 11.4. The summed E-state index contributed by atoms with van der Waals surface area (Å²) < 4.78 is 0. The number of amides is 1. The van der Waals surface area contributed by atoms with Crippen molar-refractivity contribution in [2.75, 3.05) is 26.2 Å². The van der Waals surface area contributed by atoms with Crippen LogP contribution in [-0.2, 0) is 9.59 Å². The van der Waals surface area contributed by atoms with E-state index in [2.05, 4.69) is 5.32 Å². The lowest BCUT2D eigenvalue weighted by atomic mass is 10.1. The SMILES string of the molecule is O=C(O)CCCNCC(=O)N1CCCCC1. The second kappa shape index (κ2) is 7.22. The van der Waals surface area contributed by atoms with Gasteiger partial charge in [0.25, 0.3) is 0 Å². The molecule has 0 saturated carbocycles. The van der Waals surface area contributed by atoms with E-state index in [1.165, 1.54) is 6.42 Å². The zero-order chi connectivity index (χ0) is 11.8. The van der Waals surface area contributed by atoms with Crippen LogP contribution in [0.2, 0.25) is 0 Å². The van der Waals surface area contributed by atoms with Crippen LogP contribution in [0.15, 0.2) is 0 Å². The fraction of sp³-hybridized carbons (Fsp3) is 0.818. The first-order valence-electron chi connectivity index (χ1n) is 5.90. The molecule has 0 radical (unpaired) electrons. The molecule has 1 saturated heterocycles. The lowest BCUT2D eigenvalue weighted by Crippen LogP contribution is -2.41. The molecule has 1 aliphatic rings. The van der Waals surface area contributed by atoms with Crippen molar-refractivity contribution < 1.29 is 14.7 Å². The van der Waals surface area contributed by atoms with Crippen LogP contribution in [0.4, 0.5) is 0 Å². The van der Waals surface area contributed by atoms with Crippen molar-refractivity contribution in [2.24, 2.45) is 0 Å². The van der Waals surface area contributed by atoms with Gasteiger partial charge in [-0.25, -0.2) is 0 Å². The molecule has 0 aromatic heterocycles. The van der Waals surface area contributed by atoms with Crippen LogP contribution >= 0.6 is 0 Å². The summed E-state index contributed by atoms with van der Waals surface area (Å²) in [6.45, 7) is 2.66. The van der Waals surface area contributed by atoms with E-state index in [1.807, 2.05) is 4.90 Å². The number of nitrogens with one attached hydrogen (secondary N) is 1. The molecule has 1 rings (SSSR count). The predicted octanol–water partition coefficient (Wildman–Crippen LogP) is 0.453. The average Bonchev–Trinajstić information content (AvgIpc) is 2.29. The highest BCUT2D eigenvalue weighted by atomic mass is 16.4. The molecule has 1 amide bonds. The Morgan fingerprint density at radius 2 is 1.88 bits per heavy atom. The number of nitrogens with zero attached hydrogens (tertiary/aromatic N) is 1. The fourth-order valence-corrected chi connectivity index (χ4v) is 1.82. The number of carbonyl (C=O) groups excluding carboxylic acids is 1. The largest absolute Gasteiger partial charge is 0.481 e. The van der Waals surface area contributed by atoms with Crippen LogP contribution in [-0.4, -0.2) is 48.1 Å². The van der Waals surface area contributed by atoms with Gasteiger partial charge in [0.05, 0.1) is 6.54 Å². The number of carboxylic acid groups (broad SMARTS) is 1. The number of carbonyl (C=O) groups is 2. The maximum absolute atomic E-state index is 11.6. The third kappa shape index (κ3) is 5.11. The van der Waals surface area contributed by atoms with Gasteiger partial charge in [-0.1, -0.05) is 0 Å². The molecule has 0 unspecified atom stereocenters. The molecule has 1 fully saturated rings. The molecule has 16 heavy (non-hydrogen) atoms. The first-order valence-corrected chi connectivity index (χ1v) is 5.90. The van der Waals surface area contributed by atoms with Crippen molar-refractivity contribution in [1.82, 2.24) is 10.2 Å². The van der Waals surface area contributed by atoms with Crippen LogP contribution in [0.3, 0.4) is 0 Å². The average molecular weight is 228 g/mol. The van der Waals surface area contributed by atoms with Gasteiger partial charge in [-0.2, -0.15) is 0 Å². The first-order chi connectivity index (χ1) is 7.70. The second-order valence-electron chi connectivity index (χ2n) is 4.12. The Bertz CT molecular complexity index is 237. The summed E-state index contributed by atoms with van der Waals surface area (Å²) in [5.74, 6) is -0.654. The summed E-state index contributed by atoms with van der Waals surface area (Å²) in [6, 6.07) is 0. The van der Waals surface area contributed by atoms with E-state index in [1.54, 1.807) is 0 Å². The van der Waals surface area contributed by atoms with Gasteiger partial charge in [-0.05, 0) is 32.2 Å². The Morgan fingerprint density at radius 1 is 1.19 bits per heavy atom. The number of hydrogen-bond acceptors (Lipinski definition) is 3. The summed E-state index contributed by atoms with van der Waals surface area (Å²) >= 11 is 0. The molecule has 2 N–H and O–H groups in total. The van der Waals surface area contributed by atoms with Crippen molar-refractivity contribution in [1.29, 1.82) is 0 Å². The van der Waals surface area contributed by atoms with Gasteiger partial charge in [0, 0.05) is 19.5 Å². The smallest absolute Gasteiger partial charge is 0.303 e. The van der Waals surface area contributed by atoms with Gasteiger partial charge in [0.2, 0.25) is 5.91 Å². The van der Waals surface area contributed by atoms with E-state index in [0.29, 0.717) is 19.5 Å². The molecule has 92 valence electrons. The topological polar surface area (TPSA) is 69.6 Å². The quantitative estimate of drug-likeness (QED) is 0.648. The second-order valence-corrected chi connectivity index (χ2v) is 4.12. The lowest BCUT2D eigenvalue weighted by Gasteiger charge is -2.26. The normalized spacial score (nSPS) is 16.1. The molecule has 0 bridgehead atoms. The van der Waals surface area contributed by atoms with Crippen LogP contribution in [0, 0.1) is 0 Å². The van der Waals surface area contributed by atoms with Crippen LogP contribution in [0.1, 0.15) is 32.1 Å². The molecule has 5 heteroatoms. The number of aliphatic carboxylic acids is 1. The highest BCUT2D eigenvalue weighted by Crippen LogP contribution is 2.08. The Hall–Kier alpha value is -1.10. The van der Waals surface area contributed by atoms with Crippen molar-refractivity contribution >= 4 is 11.9 Å². The third-order valence-corrected chi connectivity index (χ3v) is 2.73. The highest BCUT2D eigenvalue weighted by molar-refractivity contribution is 5.78. The molecular formula is C11H20N2O3. The Kier molecular flexibility index (Phi) is 5.85. The molecule has 0 spiro atoms. The zero-order valence-corrected chi connectivity index (χ0v) is 9.57. The van der Waals surface area contributed by atoms with Crippen LogP contribution in [0.5, 0.6) is 0 Å². The minimum absolute atomic E-state index is 0.134. The Balaban J connectivity index is 2.03. The van der Waals surface area contributed by atoms with Crippen molar-refractivity contribution in [3.05, 3.63) is 0 Å². The van der Waals surface area contributed by atoms with Crippen molar-refractivity contribution in [2.45, 2.75) is 32.1 Å². The summed E-state index contributed by atoms with van der Waals surface area (Å²) in [6.07, 6.45) is 4.15. The number of likely N-dealkylation sites (tertiary alicyclic amines) is 1.